The number of aliphatic carboxylic acids is 1. The molecule has 6 nitrogen and oxygen atoms in total. The number of benzene rings is 1. The maximum absolute atomic E-state index is 12.4. The second-order valence-corrected chi connectivity index (χ2v) is 7.84. The first kappa shape index (κ1) is 22.7. The van der Waals surface area contributed by atoms with E-state index in [1.165, 1.54) is 11.1 Å². The summed E-state index contributed by atoms with van der Waals surface area (Å²) in [6.07, 6.45) is 5.69. The van der Waals surface area contributed by atoms with Crippen molar-refractivity contribution in [1.82, 2.24) is 15.1 Å². The van der Waals surface area contributed by atoms with Crippen LogP contribution in [0.1, 0.15) is 49.3 Å². The number of nitrogens with one attached hydrogen (secondary N) is 1. The summed E-state index contributed by atoms with van der Waals surface area (Å²) in [5.41, 5.74) is 2.64. The van der Waals surface area contributed by atoms with E-state index in [4.69, 9.17) is 5.11 Å². The van der Waals surface area contributed by atoms with Crippen molar-refractivity contribution in [3.63, 3.8) is 0 Å². The Morgan fingerprint density at radius 2 is 1.93 bits per heavy atom. The average molecular weight is 410 g/mol. The topological polar surface area (TPSA) is 72.9 Å². The zero-order valence-corrected chi connectivity index (χ0v) is 17.4. The fraction of sp³-hybridized carbons (Fsp3) is 0.619. The van der Waals surface area contributed by atoms with Crippen molar-refractivity contribution in [1.29, 1.82) is 0 Å². The van der Waals surface area contributed by atoms with Crippen LogP contribution in [0.5, 0.6) is 0 Å². The fourth-order valence-electron chi connectivity index (χ4n) is 4.36. The van der Waals surface area contributed by atoms with Gasteiger partial charge in [0.1, 0.15) is 0 Å². The Kier molecular flexibility index (Phi) is 8.73. The maximum atomic E-state index is 12.4. The van der Waals surface area contributed by atoms with Gasteiger partial charge in [0.15, 0.2) is 0 Å². The van der Waals surface area contributed by atoms with Crippen LogP contribution in [-0.4, -0.2) is 66.1 Å². The highest BCUT2D eigenvalue weighted by atomic mass is 35.5. The lowest BCUT2D eigenvalue weighted by Crippen LogP contribution is -2.45. The number of carboxylic acid groups (broad SMARTS) is 1. The summed E-state index contributed by atoms with van der Waals surface area (Å²) in [5.74, 6) is -0.650. The number of likely N-dealkylation sites (N-methyl/N-ethyl adjacent to an activating group) is 1. The highest BCUT2D eigenvalue weighted by molar-refractivity contribution is 5.85. The smallest absolute Gasteiger partial charge is 0.317 e. The predicted molar refractivity (Wildman–Crippen MR) is 112 cm³/mol. The van der Waals surface area contributed by atoms with E-state index >= 15 is 0 Å². The molecule has 156 valence electrons. The molecule has 2 aliphatic rings. The minimum atomic E-state index is -0.777. The largest absolute Gasteiger partial charge is 0.480 e. The van der Waals surface area contributed by atoms with E-state index in [1.807, 2.05) is 11.9 Å². The number of carbonyl (C=O) groups excluding carboxylic acids is 1. The van der Waals surface area contributed by atoms with E-state index < -0.39 is 5.97 Å². The summed E-state index contributed by atoms with van der Waals surface area (Å²) in [4.78, 5) is 27.5. The number of rotatable bonds is 7. The van der Waals surface area contributed by atoms with E-state index in [2.05, 4.69) is 34.5 Å². The molecule has 0 bridgehead atoms. The number of likely N-dealkylation sites (tertiary alicyclic amines) is 1. The standard InChI is InChI=1S/C21H31N3O3.ClH/c1-23(15-21(26)27)17-9-12-24(13-10-17)14-11-20(25)22-19-8-4-6-16-5-2-3-7-18(16)19;/h2-3,5,7,17,19H,4,6,8-15H2,1H3,(H,22,25)(H,26,27);1H. The molecule has 1 aliphatic heterocycles. The highest BCUT2D eigenvalue weighted by Gasteiger charge is 2.25. The van der Waals surface area contributed by atoms with Gasteiger partial charge in [-0.05, 0) is 63.4 Å². The van der Waals surface area contributed by atoms with Gasteiger partial charge in [0, 0.05) is 19.0 Å². The summed E-state index contributed by atoms with van der Waals surface area (Å²) < 4.78 is 0. The zero-order valence-electron chi connectivity index (χ0n) is 16.6. The van der Waals surface area contributed by atoms with Crippen LogP contribution < -0.4 is 5.32 Å². The molecular formula is C21H32ClN3O3. The first-order valence-corrected chi connectivity index (χ1v) is 10.0. The van der Waals surface area contributed by atoms with Gasteiger partial charge in [-0.15, -0.1) is 12.4 Å². The van der Waals surface area contributed by atoms with Crippen LogP contribution in [0.2, 0.25) is 0 Å². The summed E-state index contributed by atoms with van der Waals surface area (Å²) >= 11 is 0. The lowest BCUT2D eigenvalue weighted by Gasteiger charge is -2.36. The van der Waals surface area contributed by atoms with Gasteiger partial charge in [-0.3, -0.25) is 14.5 Å². The monoisotopic (exact) mass is 409 g/mol. The van der Waals surface area contributed by atoms with Crippen LogP contribution in [0.15, 0.2) is 24.3 Å². The first-order valence-electron chi connectivity index (χ1n) is 10.0. The number of carboxylic acids is 1. The number of piperidine rings is 1. The number of fused-ring (bicyclic) bond motifs is 1. The van der Waals surface area contributed by atoms with E-state index in [-0.39, 0.29) is 30.9 Å². The number of aryl methyl sites for hydroxylation is 1. The van der Waals surface area contributed by atoms with Gasteiger partial charge >= 0.3 is 5.97 Å². The highest BCUT2D eigenvalue weighted by Crippen LogP contribution is 2.29. The molecule has 1 aliphatic carbocycles. The zero-order chi connectivity index (χ0) is 19.2. The molecule has 2 N–H and O–H groups in total. The first-order chi connectivity index (χ1) is 13.0. The van der Waals surface area contributed by atoms with Crippen LogP contribution in [0.25, 0.3) is 0 Å². The van der Waals surface area contributed by atoms with E-state index in [9.17, 15) is 9.59 Å². The van der Waals surface area contributed by atoms with Crippen LogP contribution >= 0.6 is 12.4 Å². The van der Waals surface area contributed by atoms with Crippen LogP contribution in [0, 0.1) is 0 Å². The Hall–Kier alpha value is -1.63. The molecule has 1 aromatic carbocycles. The Morgan fingerprint density at radius 1 is 1.21 bits per heavy atom. The van der Waals surface area contributed by atoms with Crippen molar-refractivity contribution in [2.45, 2.75) is 50.6 Å². The fourth-order valence-corrected chi connectivity index (χ4v) is 4.36. The van der Waals surface area contributed by atoms with Crippen LogP contribution in [-0.2, 0) is 16.0 Å². The van der Waals surface area contributed by atoms with Crippen molar-refractivity contribution < 1.29 is 14.7 Å². The van der Waals surface area contributed by atoms with Gasteiger partial charge in [-0.25, -0.2) is 0 Å². The van der Waals surface area contributed by atoms with Gasteiger partial charge in [-0.1, -0.05) is 24.3 Å². The third kappa shape index (κ3) is 6.19. The van der Waals surface area contributed by atoms with Gasteiger partial charge in [0.2, 0.25) is 5.91 Å². The molecule has 0 saturated carbocycles. The quantitative estimate of drug-likeness (QED) is 0.723. The Balaban J connectivity index is 0.00000280. The van der Waals surface area contributed by atoms with Crippen molar-refractivity contribution in [3.8, 4) is 0 Å². The van der Waals surface area contributed by atoms with Crippen molar-refractivity contribution in [3.05, 3.63) is 35.4 Å². The third-order valence-corrected chi connectivity index (χ3v) is 5.92. The predicted octanol–water partition coefficient (Wildman–Crippen LogP) is 2.47. The minimum absolute atomic E-state index is 0. The van der Waals surface area contributed by atoms with Crippen LogP contribution in [0.4, 0.5) is 0 Å². The second-order valence-electron chi connectivity index (χ2n) is 7.84. The van der Waals surface area contributed by atoms with E-state index in [0.717, 1.165) is 51.7 Å². The molecular weight excluding hydrogens is 378 g/mol. The molecule has 3 rings (SSSR count). The van der Waals surface area contributed by atoms with Crippen LogP contribution in [0.3, 0.4) is 0 Å². The molecule has 1 atom stereocenters. The molecule has 1 saturated heterocycles. The summed E-state index contributed by atoms with van der Waals surface area (Å²) in [6.45, 7) is 2.72. The van der Waals surface area contributed by atoms with Crippen molar-refractivity contribution in [2.24, 2.45) is 0 Å². The van der Waals surface area contributed by atoms with Gasteiger partial charge < -0.3 is 15.3 Å². The normalized spacial score (nSPS) is 20.3. The van der Waals surface area contributed by atoms with Crippen molar-refractivity contribution in [2.75, 3.05) is 33.2 Å². The molecule has 1 amide bonds. The molecule has 1 unspecified atom stereocenters. The molecule has 1 aromatic rings. The molecule has 0 radical (unpaired) electrons. The number of carbonyl (C=O) groups is 2. The maximum Gasteiger partial charge on any atom is 0.317 e. The molecule has 0 spiro atoms. The number of hydrogen-bond acceptors (Lipinski definition) is 4. The Labute approximate surface area is 173 Å². The Bertz CT molecular complexity index is 662. The minimum Gasteiger partial charge on any atom is -0.480 e. The molecule has 7 heteroatoms. The molecule has 28 heavy (non-hydrogen) atoms. The third-order valence-electron chi connectivity index (χ3n) is 5.92. The molecule has 0 aromatic heterocycles. The summed E-state index contributed by atoms with van der Waals surface area (Å²) in [6, 6.07) is 8.90. The van der Waals surface area contributed by atoms with Gasteiger partial charge in [-0.2, -0.15) is 0 Å². The van der Waals surface area contributed by atoms with E-state index in [0.29, 0.717) is 12.5 Å². The second kappa shape index (κ2) is 10.8. The molecule has 1 fully saturated rings. The number of halogens is 1. The number of amides is 1. The SMILES string of the molecule is CN(CC(=O)O)C1CCN(CCC(=O)NC2CCCc3ccccc32)CC1.Cl. The van der Waals surface area contributed by atoms with E-state index in [1.54, 1.807) is 0 Å². The average Bonchev–Trinajstić information content (AvgIpc) is 2.66. The van der Waals surface area contributed by atoms with Gasteiger partial charge in [0.25, 0.3) is 0 Å². The lowest BCUT2D eigenvalue weighted by molar-refractivity contribution is -0.138. The van der Waals surface area contributed by atoms with Crippen molar-refractivity contribution >= 4 is 24.3 Å². The Morgan fingerprint density at radius 3 is 2.64 bits per heavy atom. The number of nitrogens with zero attached hydrogens (tertiary/aromatic N) is 2. The molecule has 1 heterocycles. The van der Waals surface area contributed by atoms with Gasteiger partial charge in [0.05, 0.1) is 12.6 Å². The summed E-state index contributed by atoms with van der Waals surface area (Å²) in [7, 11) is 1.88. The number of hydrogen-bond donors (Lipinski definition) is 2. The summed E-state index contributed by atoms with van der Waals surface area (Å²) in [5, 5.41) is 12.1. The lowest BCUT2D eigenvalue weighted by atomic mass is 9.87.